The molecule has 0 aliphatic rings. The summed E-state index contributed by atoms with van der Waals surface area (Å²) in [5.41, 5.74) is 1.27. The van der Waals surface area contributed by atoms with Gasteiger partial charge in [-0.25, -0.2) is 4.79 Å². The first-order chi connectivity index (χ1) is 13.3. The highest BCUT2D eigenvalue weighted by Crippen LogP contribution is 2.28. The third-order valence-electron chi connectivity index (χ3n) is 4.40. The van der Waals surface area contributed by atoms with E-state index in [1.807, 2.05) is 24.3 Å². The molecule has 28 heavy (non-hydrogen) atoms. The molecule has 0 spiro atoms. The van der Waals surface area contributed by atoms with E-state index in [2.05, 4.69) is 6.92 Å². The molecule has 0 unspecified atom stereocenters. The first-order valence-corrected chi connectivity index (χ1v) is 15.3. The van der Waals surface area contributed by atoms with Crippen molar-refractivity contribution in [2.24, 2.45) is 0 Å². The van der Waals surface area contributed by atoms with Crippen molar-refractivity contribution in [3.05, 3.63) is 35.4 Å². The molecule has 0 amide bonds. The Bertz CT molecular complexity index is 615. The highest BCUT2D eigenvalue weighted by Gasteiger charge is 2.23. The number of halogens is 3. The van der Waals surface area contributed by atoms with Crippen molar-refractivity contribution in [2.45, 2.75) is 70.8 Å². The van der Waals surface area contributed by atoms with E-state index in [-0.39, 0.29) is 0 Å². The lowest BCUT2D eigenvalue weighted by Crippen LogP contribution is -2.07. The lowest BCUT2D eigenvalue weighted by Gasteiger charge is -2.08. The Morgan fingerprint density at radius 1 is 1.07 bits per heavy atom. The van der Waals surface area contributed by atoms with Crippen LogP contribution in [-0.4, -0.2) is 23.7 Å². The summed E-state index contributed by atoms with van der Waals surface area (Å²) in [5.74, 6) is -0.0922. The quantitative estimate of drug-likeness (QED) is 0.125. The van der Waals surface area contributed by atoms with Crippen molar-refractivity contribution in [1.29, 1.82) is 0 Å². The van der Waals surface area contributed by atoms with Gasteiger partial charge < -0.3 is 9.84 Å². The van der Waals surface area contributed by atoms with Crippen molar-refractivity contribution in [1.82, 2.24) is 0 Å². The Hall–Kier alpha value is -0.683. The molecular formula is C21H31Cl3O3Si. The van der Waals surface area contributed by atoms with Gasteiger partial charge in [-0.3, -0.25) is 0 Å². The molecule has 1 aromatic rings. The predicted octanol–water partition coefficient (Wildman–Crippen LogP) is 7.72. The minimum absolute atomic E-state index is 0.413. The fraction of sp³-hybridized carbons (Fsp3) is 0.571. The normalized spacial score (nSPS) is 12.2. The fourth-order valence-corrected chi connectivity index (χ4v) is 4.70. The summed E-state index contributed by atoms with van der Waals surface area (Å²) in [7, 11) is 0. The van der Waals surface area contributed by atoms with Crippen molar-refractivity contribution in [3.63, 3.8) is 0 Å². The molecule has 0 aliphatic heterocycles. The van der Waals surface area contributed by atoms with Gasteiger partial charge in [0.2, 0.25) is 0 Å². The highest BCUT2D eigenvalue weighted by atomic mass is 35.8. The molecular weight excluding hydrogens is 435 g/mol. The van der Waals surface area contributed by atoms with Gasteiger partial charge in [0.1, 0.15) is 5.75 Å². The van der Waals surface area contributed by atoms with Crippen LogP contribution in [0.25, 0.3) is 6.08 Å². The van der Waals surface area contributed by atoms with Gasteiger partial charge in [0, 0.05) is 5.57 Å². The van der Waals surface area contributed by atoms with Gasteiger partial charge in [0.15, 0.2) is 0 Å². The van der Waals surface area contributed by atoms with Gasteiger partial charge in [-0.1, -0.05) is 57.6 Å². The molecule has 0 atom stereocenters. The standard InChI is InChI=1S/C21H31Cl3O3Si/c1-2-3-4-8-14-27-20-13-10-11-18(17-20)16-19(21(25)26)12-7-5-6-9-15-28(22,23)24/h10-11,13,16-17H,2-9,12,14-15H2,1H3,(H,25,26)/b19-16+. The molecule has 0 aliphatic carbocycles. The van der Waals surface area contributed by atoms with Crippen LogP contribution in [0.1, 0.15) is 70.3 Å². The summed E-state index contributed by atoms with van der Waals surface area (Å²) in [6, 6.07) is 5.73. The largest absolute Gasteiger partial charge is 0.494 e. The summed E-state index contributed by atoms with van der Waals surface area (Å²) >= 11 is 17.6. The van der Waals surface area contributed by atoms with Crippen LogP contribution in [0.4, 0.5) is 0 Å². The number of carbonyl (C=O) groups is 1. The smallest absolute Gasteiger partial charge is 0.341 e. The van der Waals surface area contributed by atoms with Crippen LogP contribution in [0.2, 0.25) is 6.04 Å². The topological polar surface area (TPSA) is 46.5 Å². The second kappa shape index (κ2) is 14.3. The maximum Gasteiger partial charge on any atom is 0.341 e. The van der Waals surface area contributed by atoms with Gasteiger partial charge in [0.05, 0.1) is 6.61 Å². The first kappa shape index (κ1) is 25.4. The summed E-state index contributed by atoms with van der Waals surface area (Å²) in [5, 5.41) is 9.49. The second-order valence-corrected chi connectivity index (χ2v) is 16.3. The van der Waals surface area contributed by atoms with Gasteiger partial charge in [0.25, 0.3) is 0 Å². The van der Waals surface area contributed by atoms with Crippen LogP contribution < -0.4 is 4.74 Å². The third-order valence-corrected chi connectivity index (χ3v) is 7.02. The van der Waals surface area contributed by atoms with Gasteiger partial charge in [-0.05, 0) is 49.1 Å². The van der Waals surface area contributed by atoms with Crippen LogP contribution in [0.5, 0.6) is 5.75 Å². The van der Waals surface area contributed by atoms with Crippen molar-refractivity contribution < 1.29 is 14.6 Å². The summed E-state index contributed by atoms with van der Waals surface area (Å²) in [4.78, 5) is 11.6. The summed E-state index contributed by atoms with van der Waals surface area (Å²) in [6.07, 6.45) is 10.5. The Morgan fingerprint density at radius 2 is 1.79 bits per heavy atom. The van der Waals surface area contributed by atoms with E-state index < -0.39 is 12.0 Å². The van der Waals surface area contributed by atoms with Crippen LogP contribution in [0.15, 0.2) is 29.8 Å². The Kier molecular flexibility index (Phi) is 13.0. The second-order valence-electron chi connectivity index (χ2n) is 6.99. The molecule has 0 aromatic heterocycles. The van der Waals surface area contributed by atoms with Crippen LogP contribution in [0.3, 0.4) is 0 Å². The van der Waals surface area contributed by atoms with Crippen LogP contribution >= 0.6 is 33.2 Å². The summed E-state index contributed by atoms with van der Waals surface area (Å²) < 4.78 is 5.78. The number of rotatable bonds is 15. The number of hydrogen-bond acceptors (Lipinski definition) is 2. The molecule has 7 heteroatoms. The molecule has 1 aromatic carbocycles. The van der Waals surface area contributed by atoms with E-state index in [9.17, 15) is 9.90 Å². The predicted molar refractivity (Wildman–Crippen MR) is 123 cm³/mol. The molecule has 1 rings (SSSR count). The SMILES string of the molecule is CCCCCCOc1cccc(/C=C(\CCCCCC[Si](Cl)(Cl)Cl)C(=O)O)c1. The van der Waals surface area contributed by atoms with Crippen molar-refractivity contribution >= 4 is 51.3 Å². The first-order valence-electron chi connectivity index (χ1n) is 10.1. The molecule has 0 radical (unpaired) electrons. The van der Waals surface area contributed by atoms with E-state index in [0.717, 1.165) is 43.4 Å². The third kappa shape index (κ3) is 12.7. The average Bonchev–Trinajstić information content (AvgIpc) is 2.62. The molecule has 158 valence electrons. The monoisotopic (exact) mass is 464 g/mol. The number of hydrogen-bond donors (Lipinski definition) is 1. The number of carboxylic acids is 1. The lowest BCUT2D eigenvalue weighted by atomic mass is 10.0. The van der Waals surface area contributed by atoms with Crippen molar-refractivity contribution in [2.75, 3.05) is 6.61 Å². The zero-order valence-corrected chi connectivity index (χ0v) is 19.8. The highest BCUT2D eigenvalue weighted by molar-refractivity contribution is 7.64. The van der Waals surface area contributed by atoms with E-state index in [4.69, 9.17) is 38.0 Å². The number of ether oxygens (including phenoxy) is 1. The molecule has 1 N–H and O–H groups in total. The molecule has 0 saturated carbocycles. The van der Waals surface area contributed by atoms with E-state index in [0.29, 0.717) is 24.6 Å². The van der Waals surface area contributed by atoms with Crippen LogP contribution in [-0.2, 0) is 4.79 Å². The van der Waals surface area contributed by atoms with Gasteiger partial charge in [-0.2, -0.15) is 0 Å². The van der Waals surface area contributed by atoms with Crippen molar-refractivity contribution in [3.8, 4) is 5.75 Å². The number of aliphatic carboxylic acids is 1. The summed E-state index contributed by atoms with van der Waals surface area (Å²) in [6.45, 7) is 2.87. The molecule has 3 nitrogen and oxygen atoms in total. The Labute approximate surface area is 184 Å². The average molecular weight is 466 g/mol. The van der Waals surface area contributed by atoms with E-state index in [1.165, 1.54) is 19.3 Å². The zero-order valence-electron chi connectivity index (χ0n) is 16.6. The van der Waals surface area contributed by atoms with E-state index in [1.54, 1.807) is 6.08 Å². The maximum atomic E-state index is 11.6. The van der Waals surface area contributed by atoms with Crippen LogP contribution in [0, 0.1) is 0 Å². The Morgan fingerprint density at radius 3 is 2.46 bits per heavy atom. The number of unbranched alkanes of at least 4 members (excludes halogenated alkanes) is 6. The van der Waals surface area contributed by atoms with Gasteiger partial charge >= 0.3 is 12.0 Å². The number of carboxylic acid groups (broad SMARTS) is 1. The fourth-order valence-electron chi connectivity index (χ4n) is 2.85. The molecule has 0 bridgehead atoms. The molecule has 0 fully saturated rings. The minimum Gasteiger partial charge on any atom is -0.494 e. The maximum absolute atomic E-state index is 11.6. The van der Waals surface area contributed by atoms with Gasteiger partial charge in [-0.15, -0.1) is 33.2 Å². The van der Waals surface area contributed by atoms with E-state index >= 15 is 0 Å². The molecule has 0 heterocycles. The molecule has 0 saturated heterocycles. The minimum atomic E-state index is -2.53. The number of benzene rings is 1. The lowest BCUT2D eigenvalue weighted by molar-refractivity contribution is -0.132. The zero-order chi connectivity index (χ0) is 20.8. The Balaban J connectivity index is 2.49.